The van der Waals surface area contributed by atoms with Gasteiger partial charge in [0, 0.05) is 45.5 Å². The van der Waals surface area contributed by atoms with Crippen LogP contribution < -0.4 is 10.6 Å². The third kappa shape index (κ3) is 6.67. The van der Waals surface area contributed by atoms with E-state index in [0.29, 0.717) is 12.0 Å². The summed E-state index contributed by atoms with van der Waals surface area (Å²) in [6.07, 6.45) is 8.09. The highest BCUT2D eigenvalue weighted by Gasteiger charge is 2.45. The van der Waals surface area contributed by atoms with Crippen molar-refractivity contribution in [3.8, 4) is 0 Å². The number of aliphatic imine (C=N–C) groups is 1. The monoisotopic (exact) mass is 473 g/mol. The van der Waals surface area contributed by atoms with E-state index in [2.05, 4.69) is 15.6 Å². The Morgan fingerprint density at radius 3 is 2.08 bits per heavy atom. The second kappa shape index (κ2) is 9.02. The molecule has 0 unspecified atom stereocenters. The van der Waals surface area contributed by atoms with Crippen molar-refractivity contribution in [1.82, 2.24) is 10.6 Å². The summed E-state index contributed by atoms with van der Waals surface area (Å²) in [6.45, 7) is 2.37. The number of ether oxygens (including phenoxy) is 1. The third-order valence-electron chi connectivity index (χ3n) is 5.26. The first kappa shape index (κ1) is 22.0. The van der Waals surface area contributed by atoms with Crippen molar-refractivity contribution in [1.29, 1.82) is 0 Å². The van der Waals surface area contributed by atoms with E-state index in [1.807, 2.05) is 0 Å². The molecule has 0 aliphatic heterocycles. The first-order valence-corrected chi connectivity index (χ1v) is 10.5. The Bertz CT molecular complexity index is 529. The molecule has 0 radical (unpaired) electrons. The Balaban J connectivity index is 0.00000288. The van der Waals surface area contributed by atoms with E-state index in [1.54, 1.807) is 14.2 Å². The van der Waals surface area contributed by atoms with E-state index in [-0.39, 0.29) is 35.1 Å². The standard InChI is InChI=1S/C16H31N3O3S.HI/c1-17-14(18-11-15(5-4-6-15)9-10-22-2)19-12-16(7-8-16)13-23(3,20)21;/h4-13H2,1-3H3,(H2,17,18,19);1H. The molecule has 0 amide bonds. The number of guanidine groups is 1. The minimum absolute atomic E-state index is 0. The number of sulfone groups is 1. The van der Waals surface area contributed by atoms with Gasteiger partial charge in [0.2, 0.25) is 0 Å². The molecule has 0 aromatic heterocycles. The van der Waals surface area contributed by atoms with Crippen molar-refractivity contribution in [2.45, 2.75) is 38.5 Å². The minimum Gasteiger partial charge on any atom is -0.385 e. The maximum absolute atomic E-state index is 11.5. The molecule has 6 nitrogen and oxygen atoms in total. The molecule has 8 heteroatoms. The zero-order valence-electron chi connectivity index (χ0n) is 15.1. The quantitative estimate of drug-likeness (QED) is 0.303. The van der Waals surface area contributed by atoms with Crippen LogP contribution in [0.2, 0.25) is 0 Å². The average Bonchev–Trinajstić information content (AvgIpc) is 3.18. The van der Waals surface area contributed by atoms with E-state index in [0.717, 1.165) is 38.4 Å². The van der Waals surface area contributed by atoms with Crippen LogP contribution in [0.5, 0.6) is 0 Å². The lowest BCUT2D eigenvalue weighted by molar-refractivity contribution is 0.0732. The van der Waals surface area contributed by atoms with Gasteiger partial charge in [0.05, 0.1) is 5.75 Å². The molecule has 0 saturated heterocycles. The smallest absolute Gasteiger partial charge is 0.191 e. The predicted molar refractivity (Wildman–Crippen MR) is 109 cm³/mol. The van der Waals surface area contributed by atoms with Gasteiger partial charge in [-0.2, -0.15) is 0 Å². The molecule has 2 aliphatic carbocycles. The largest absolute Gasteiger partial charge is 0.385 e. The maximum atomic E-state index is 11.5. The van der Waals surface area contributed by atoms with Crippen LogP contribution in [0.4, 0.5) is 0 Å². The van der Waals surface area contributed by atoms with Gasteiger partial charge in [0.15, 0.2) is 5.96 Å². The van der Waals surface area contributed by atoms with Crippen LogP contribution in [-0.2, 0) is 14.6 Å². The van der Waals surface area contributed by atoms with Gasteiger partial charge in [-0.05, 0) is 37.5 Å². The fourth-order valence-electron chi connectivity index (χ4n) is 3.38. The van der Waals surface area contributed by atoms with Crippen LogP contribution in [0.15, 0.2) is 4.99 Å². The number of nitrogens with zero attached hydrogens (tertiary/aromatic N) is 1. The van der Waals surface area contributed by atoms with Crippen molar-refractivity contribution in [2.75, 3.05) is 45.9 Å². The van der Waals surface area contributed by atoms with E-state index < -0.39 is 9.84 Å². The van der Waals surface area contributed by atoms with E-state index >= 15 is 0 Å². The second-order valence-electron chi connectivity index (χ2n) is 7.45. The molecule has 24 heavy (non-hydrogen) atoms. The van der Waals surface area contributed by atoms with Gasteiger partial charge in [0.1, 0.15) is 9.84 Å². The molecule has 2 fully saturated rings. The lowest BCUT2D eigenvalue weighted by Gasteiger charge is -2.42. The molecule has 0 atom stereocenters. The summed E-state index contributed by atoms with van der Waals surface area (Å²) in [6, 6.07) is 0. The molecule has 2 N–H and O–H groups in total. The third-order valence-corrected chi connectivity index (χ3v) is 6.40. The molecule has 0 aromatic carbocycles. The van der Waals surface area contributed by atoms with Crippen LogP contribution in [0.1, 0.15) is 38.5 Å². The summed E-state index contributed by atoms with van der Waals surface area (Å²) in [5.74, 6) is 1.04. The van der Waals surface area contributed by atoms with Gasteiger partial charge >= 0.3 is 0 Å². The van der Waals surface area contributed by atoms with Crippen molar-refractivity contribution in [3.63, 3.8) is 0 Å². The Morgan fingerprint density at radius 1 is 1.12 bits per heavy atom. The zero-order valence-corrected chi connectivity index (χ0v) is 18.2. The van der Waals surface area contributed by atoms with Crippen molar-refractivity contribution in [2.24, 2.45) is 15.8 Å². The molecule has 0 aromatic rings. The molecule has 2 aliphatic rings. The lowest BCUT2D eigenvalue weighted by atomic mass is 9.67. The first-order valence-electron chi connectivity index (χ1n) is 8.43. The van der Waals surface area contributed by atoms with Gasteiger partial charge in [-0.1, -0.05) is 6.42 Å². The summed E-state index contributed by atoms with van der Waals surface area (Å²) >= 11 is 0. The predicted octanol–water partition coefficient (Wildman–Crippen LogP) is 1.80. The molecular formula is C16H32IN3O3S. The topological polar surface area (TPSA) is 79.8 Å². The number of hydrogen-bond acceptors (Lipinski definition) is 4. The summed E-state index contributed by atoms with van der Waals surface area (Å²) in [7, 11) is 0.576. The normalized spacial score (nSPS) is 21.4. The number of rotatable bonds is 9. The summed E-state index contributed by atoms with van der Waals surface area (Å²) in [4.78, 5) is 4.27. The highest BCUT2D eigenvalue weighted by atomic mass is 127. The van der Waals surface area contributed by atoms with E-state index in [9.17, 15) is 8.42 Å². The second-order valence-corrected chi connectivity index (χ2v) is 9.59. The molecule has 0 heterocycles. The average molecular weight is 473 g/mol. The number of nitrogens with one attached hydrogen (secondary N) is 2. The summed E-state index contributed by atoms with van der Waals surface area (Å²) in [5, 5.41) is 6.73. The Kier molecular flexibility index (Phi) is 8.25. The molecule has 0 spiro atoms. The van der Waals surface area contributed by atoms with E-state index in [1.165, 1.54) is 25.5 Å². The lowest BCUT2D eigenvalue weighted by Crippen LogP contribution is -2.48. The molecule has 142 valence electrons. The van der Waals surface area contributed by atoms with Gasteiger partial charge in [0.25, 0.3) is 0 Å². The molecular weight excluding hydrogens is 441 g/mol. The summed E-state index contributed by atoms with van der Waals surface area (Å²) < 4.78 is 28.3. The highest BCUT2D eigenvalue weighted by molar-refractivity contribution is 14.0. The number of halogens is 1. The fourth-order valence-corrected chi connectivity index (χ4v) is 4.88. The Labute approximate surface area is 163 Å². The van der Waals surface area contributed by atoms with Crippen LogP contribution in [-0.4, -0.2) is 60.2 Å². The fraction of sp³-hybridized carbons (Fsp3) is 0.938. The van der Waals surface area contributed by atoms with Gasteiger partial charge in [-0.25, -0.2) is 8.42 Å². The van der Waals surface area contributed by atoms with Crippen LogP contribution in [0.25, 0.3) is 0 Å². The van der Waals surface area contributed by atoms with Crippen molar-refractivity contribution >= 4 is 39.8 Å². The Morgan fingerprint density at radius 2 is 1.71 bits per heavy atom. The van der Waals surface area contributed by atoms with Crippen LogP contribution in [0.3, 0.4) is 0 Å². The van der Waals surface area contributed by atoms with Crippen molar-refractivity contribution < 1.29 is 13.2 Å². The van der Waals surface area contributed by atoms with Gasteiger partial charge < -0.3 is 15.4 Å². The first-order chi connectivity index (χ1) is 10.8. The van der Waals surface area contributed by atoms with Crippen LogP contribution in [0, 0.1) is 10.8 Å². The van der Waals surface area contributed by atoms with E-state index in [4.69, 9.17) is 4.74 Å². The van der Waals surface area contributed by atoms with Gasteiger partial charge in [-0.15, -0.1) is 24.0 Å². The Hall–Kier alpha value is -0.0900. The minimum atomic E-state index is -2.93. The molecule has 2 rings (SSSR count). The van der Waals surface area contributed by atoms with Crippen molar-refractivity contribution in [3.05, 3.63) is 0 Å². The zero-order chi connectivity index (χ0) is 17.0. The SMILES string of the molecule is CN=C(NCC1(CCOC)CCC1)NCC1(CS(C)(=O)=O)CC1.I. The maximum Gasteiger partial charge on any atom is 0.191 e. The molecule has 0 bridgehead atoms. The summed E-state index contributed by atoms with van der Waals surface area (Å²) in [5.41, 5.74) is 0.243. The highest BCUT2D eigenvalue weighted by Crippen LogP contribution is 2.46. The van der Waals surface area contributed by atoms with Gasteiger partial charge in [-0.3, -0.25) is 4.99 Å². The number of hydrogen-bond donors (Lipinski definition) is 2. The molecule has 2 saturated carbocycles. The van der Waals surface area contributed by atoms with Crippen LogP contribution >= 0.6 is 24.0 Å². The number of methoxy groups -OCH3 is 1.